The minimum Gasteiger partial charge on any atom is -0.394 e. The molecule has 1 fully saturated rings. The summed E-state index contributed by atoms with van der Waals surface area (Å²) in [6.07, 6.45) is 43.9. The van der Waals surface area contributed by atoms with Crippen molar-refractivity contribution in [3.63, 3.8) is 0 Å². The molecule has 1 amide bonds. The fourth-order valence-electron chi connectivity index (χ4n) is 8.83. The Hall–Kier alpha value is -1.67. The van der Waals surface area contributed by atoms with Crippen LogP contribution in [0.5, 0.6) is 0 Å². The van der Waals surface area contributed by atoms with Crippen molar-refractivity contribution in [3.05, 3.63) is 36.5 Å². The molecule has 67 heavy (non-hydrogen) atoms. The third-order valence-electron chi connectivity index (χ3n) is 13.4. The number of allylic oxidation sites excluding steroid dienone is 6. The van der Waals surface area contributed by atoms with E-state index in [2.05, 4.69) is 55.6 Å². The van der Waals surface area contributed by atoms with Gasteiger partial charge in [-0.25, -0.2) is 0 Å². The third-order valence-corrected chi connectivity index (χ3v) is 13.4. The Morgan fingerprint density at radius 3 is 1.33 bits per heavy atom. The summed E-state index contributed by atoms with van der Waals surface area (Å²) >= 11 is 0. The zero-order valence-corrected chi connectivity index (χ0v) is 42.9. The summed E-state index contributed by atoms with van der Waals surface area (Å²) in [5.74, 6) is -0.715. The van der Waals surface area contributed by atoms with E-state index in [0.717, 1.165) is 44.9 Å². The number of nitrogens with one attached hydrogen (secondary N) is 1. The molecule has 11 nitrogen and oxygen atoms in total. The first kappa shape index (κ1) is 63.3. The van der Waals surface area contributed by atoms with Gasteiger partial charge in [0.1, 0.15) is 36.6 Å². The van der Waals surface area contributed by atoms with Crippen LogP contribution >= 0.6 is 0 Å². The van der Waals surface area contributed by atoms with E-state index < -0.39 is 74.2 Å². The maximum Gasteiger partial charge on any atom is 0.249 e. The minimum absolute atomic E-state index is 0.242. The molecule has 0 aromatic heterocycles. The van der Waals surface area contributed by atoms with E-state index in [1.54, 1.807) is 0 Å². The van der Waals surface area contributed by atoms with Crippen LogP contribution in [-0.4, -0.2) is 110 Å². The molecule has 0 aromatic carbocycles. The summed E-state index contributed by atoms with van der Waals surface area (Å²) in [4.78, 5) is 13.0. The van der Waals surface area contributed by atoms with Crippen molar-refractivity contribution in [2.45, 2.75) is 300 Å². The van der Waals surface area contributed by atoms with Crippen molar-refractivity contribution in [3.8, 4) is 0 Å². The summed E-state index contributed by atoms with van der Waals surface area (Å²) in [7, 11) is 0. The lowest BCUT2D eigenvalue weighted by Crippen LogP contribution is -2.60. The van der Waals surface area contributed by atoms with E-state index in [0.29, 0.717) is 19.3 Å². The molecule has 8 N–H and O–H groups in total. The zero-order valence-electron chi connectivity index (χ0n) is 42.9. The second-order valence-corrected chi connectivity index (χ2v) is 19.6. The fourth-order valence-corrected chi connectivity index (χ4v) is 8.83. The Morgan fingerprint density at radius 1 is 0.507 bits per heavy atom. The maximum atomic E-state index is 13.0. The molecule has 0 aromatic rings. The summed E-state index contributed by atoms with van der Waals surface area (Å²) < 4.78 is 11.1. The average molecular weight is 952 g/mol. The second-order valence-electron chi connectivity index (χ2n) is 19.6. The largest absolute Gasteiger partial charge is 0.394 e. The van der Waals surface area contributed by atoms with Crippen LogP contribution in [0.15, 0.2) is 36.5 Å². The van der Waals surface area contributed by atoms with Gasteiger partial charge in [0, 0.05) is 0 Å². The highest BCUT2D eigenvalue weighted by Gasteiger charge is 2.44. The Bertz CT molecular complexity index is 1180. The Balaban J connectivity index is 2.26. The summed E-state index contributed by atoms with van der Waals surface area (Å²) in [5.41, 5.74) is 0. The van der Waals surface area contributed by atoms with Crippen molar-refractivity contribution in [1.82, 2.24) is 5.32 Å². The van der Waals surface area contributed by atoms with E-state index in [-0.39, 0.29) is 12.8 Å². The average Bonchev–Trinajstić information content (AvgIpc) is 3.33. The highest BCUT2D eigenvalue weighted by molar-refractivity contribution is 5.80. The zero-order chi connectivity index (χ0) is 49.0. The Labute approximate surface area is 409 Å². The number of carbonyl (C=O) groups is 1. The SMILES string of the molecule is CCCCCCCCCCCCCCCCCCCC/C=C/CC/C=C/CC/C=C/CCCC(O)C(O)C(COC1OC(CO)C(O)C(O)C1O)NC(=O)C(O)CCCCCCCCCCC. The van der Waals surface area contributed by atoms with Crippen molar-refractivity contribution in [1.29, 1.82) is 0 Å². The molecule has 1 aliphatic rings. The Morgan fingerprint density at radius 2 is 0.896 bits per heavy atom. The van der Waals surface area contributed by atoms with E-state index in [1.807, 2.05) is 0 Å². The first-order valence-corrected chi connectivity index (χ1v) is 27.9. The van der Waals surface area contributed by atoms with Crippen molar-refractivity contribution >= 4 is 5.91 Å². The standard InChI is InChI=1S/C56H105NO10/c1-3-5-7-9-11-13-14-15-16-17-18-19-20-21-22-23-24-25-26-27-28-29-30-31-32-33-34-36-37-39-41-43-48(59)51(61)47(46-66-56-54(64)53(63)52(62)50(45-58)67-56)57-55(65)49(60)44-42-40-38-35-12-10-8-6-4-2/h27-28,31-32,36-37,47-54,56,58-64H,3-26,29-30,33-35,38-46H2,1-2H3,(H,57,65)/b28-27+,32-31+,37-36+. The summed E-state index contributed by atoms with van der Waals surface area (Å²) in [6, 6.07) is -1.19. The van der Waals surface area contributed by atoms with Crippen LogP contribution in [0.25, 0.3) is 0 Å². The van der Waals surface area contributed by atoms with E-state index in [4.69, 9.17) is 9.47 Å². The van der Waals surface area contributed by atoms with Crippen molar-refractivity contribution in [2.24, 2.45) is 0 Å². The predicted molar refractivity (Wildman–Crippen MR) is 275 cm³/mol. The van der Waals surface area contributed by atoms with Crippen molar-refractivity contribution in [2.75, 3.05) is 13.2 Å². The molecule has 1 aliphatic heterocycles. The highest BCUT2D eigenvalue weighted by atomic mass is 16.7. The van der Waals surface area contributed by atoms with Gasteiger partial charge in [0.15, 0.2) is 6.29 Å². The van der Waals surface area contributed by atoms with Gasteiger partial charge in [0.25, 0.3) is 0 Å². The number of amides is 1. The molecule has 0 spiro atoms. The van der Waals surface area contributed by atoms with Gasteiger partial charge in [-0.05, 0) is 64.2 Å². The normalized spacial score (nSPS) is 20.9. The minimum atomic E-state index is -1.67. The van der Waals surface area contributed by atoms with Gasteiger partial charge >= 0.3 is 0 Å². The number of rotatable bonds is 47. The second kappa shape index (κ2) is 45.5. The molecule has 1 heterocycles. The van der Waals surface area contributed by atoms with E-state index in [1.165, 1.54) is 154 Å². The first-order valence-electron chi connectivity index (χ1n) is 27.9. The summed E-state index contributed by atoms with van der Waals surface area (Å²) in [5, 5.41) is 75.7. The van der Waals surface area contributed by atoms with Crippen LogP contribution in [0, 0.1) is 0 Å². The van der Waals surface area contributed by atoms with E-state index >= 15 is 0 Å². The lowest BCUT2D eigenvalue weighted by molar-refractivity contribution is -0.303. The van der Waals surface area contributed by atoms with Gasteiger partial charge in [-0.15, -0.1) is 0 Å². The van der Waals surface area contributed by atoms with Gasteiger partial charge in [-0.2, -0.15) is 0 Å². The number of hydrogen-bond acceptors (Lipinski definition) is 10. The molecule has 9 atom stereocenters. The molecule has 0 bridgehead atoms. The number of aliphatic hydroxyl groups is 7. The first-order chi connectivity index (χ1) is 32.7. The van der Waals surface area contributed by atoms with E-state index in [9.17, 15) is 40.5 Å². The fraction of sp³-hybridized carbons (Fsp3) is 0.875. The maximum absolute atomic E-state index is 13.0. The molecule has 0 saturated carbocycles. The van der Waals surface area contributed by atoms with Crippen LogP contribution < -0.4 is 5.32 Å². The number of ether oxygens (including phenoxy) is 2. The van der Waals surface area contributed by atoms with Crippen LogP contribution in [-0.2, 0) is 14.3 Å². The number of aliphatic hydroxyl groups excluding tert-OH is 7. The molecule has 1 rings (SSSR count). The monoisotopic (exact) mass is 952 g/mol. The lowest BCUT2D eigenvalue weighted by atomic mass is 9.98. The number of carbonyl (C=O) groups excluding carboxylic acids is 1. The summed E-state index contributed by atoms with van der Waals surface area (Å²) in [6.45, 7) is 3.40. The van der Waals surface area contributed by atoms with Gasteiger partial charge in [0.2, 0.25) is 5.91 Å². The molecule has 0 aliphatic carbocycles. The quantitative estimate of drug-likeness (QED) is 0.0215. The van der Waals surface area contributed by atoms with Gasteiger partial charge in [-0.1, -0.05) is 217 Å². The molecule has 9 unspecified atom stereocenters. The van der Waals surface area contributed by atoms with Gasteiger partial charge in [0.05, 0.1) is 25.4 Å². The smallest absolute Gasteiger partial charge is 0.249 e. The predicted octanol–water partition coefficient (Wildman–Crippen LogP) is 11.1. The molecule has 0 radical (unpaired) electrons. The van der Waals surface area contributed by atoms with Gasteiger partial charge < -0.3 is 50.5 Å². The molecule has 1 saturated heterocycles. The van der Waals surface area contributed by atoms with Crippen LogP contribution in [0.1, 0.15) is 245 Å². The van der Waals surface area contributed by atoms with Crippen molar-refractivity contribution < 1.29 is 50.0 Å². The van der Waals surface area contributed by atoms with Gasteiger partial charge in [-0.3, -0.25) is 4.79 Å². The third kappa shape index (κ3) is 34.3. The lowest BCUT2D eigenvalue weighted by Gasteiger charge is -2.40. The Kier molecular flexibility index (Phi) is 43.0. The van der Waals surface area contributed by atoms with Crippen LogP contribution in [0.2, 0.25) is 0 Å². The molecule has 11 heteroatoms. The molecular formula is C56H105NO10. The molecule has 394 valence electrons. The molecular weight excluding hydrogens is 847 g/mol. The number of hydrogen-bond donors (Lipinski definition) is 8. The van der Waals surface area contributed by atoms with Crippen LogP contribution in [0.3, 0.4) is 0 Å². The topological polar surface area (TPSA) is 189 Å². The number of unbranched alkanes of at least 4 members (excludes halogenated alkanes) is 29. The highest BCUT2D eigenvalue weighted by Crippen LogP contribution is 2.23. The van der Waals surface area contributed by atoms with Crippen LogP contribution in [0.4, 0.5) is 0 Å².